The van der Waals surface area contributed by atoms with Crippen LogP contribution in [0.15, 0.2) is 200 Å². The van der Waals surface area contributed by atoms with Crippen molar-refractivity contribution < 1.29 is 8.78 Å². The van der Waals surface area contributed by atoms with E-state index in [1.165, 1.54) is 50.8 Å². The molecule has 6 heteroatoms. The molecule has 14 rings (SSSR count). The highest BCUT2D eigenvalue weighted by atomic mass is 19.1. The SMILES string of the molecule is CC1(c2ccccc2)c2cccc3c2B2c4c(cc(N5c6ccccc6C6(C)CCCCC56C)cc4N(c4ccccc4-c4ccccc4F)c4cccc1c42)N3c1ccccc1-c1ccccc1F. The monoisotopic (exact) mass is 909 g/mol. The topological polar surface area (TPSA) is 9.72 Å². The summed E-state index contributed by atoms with van der Waals surface area (Å²) in [5.74, 6) is -0.528. The summed E-state index contributed by atoms with van der Waals surface area (Å²) in [7, 11) is 0. The fourth-order valence-electron chi connectivity index (χ4n) is 14.1. The zero-order valence-electron chi connectivity index (χ0n) is 39.6. The van der Waals surface area contributed by atoms with Crippen LogP contribution in [0.5, 0.6) is 0 Å². The Balaban J connectivity index is 1.16. The number of nitrogens with zero attached hydrogens (tertiary/aromatic N) is 3. The van der Waals surface area contributed by atoms with Gasteiger partial charge in [-0.1, -0.05) is 165 Å². The quantitative estimate of drug-likeness (QED) is 0.154. The van der Waals surface area contributed by atoms with Crippen molar-refractivity contribution in [2.75, 3.05) is 14.7 Å². The molecule has 4 heterocycles. The minimum Gasteiger partial charge on any atom is -0.334 e. The van der Waals surface area contributed by atoms with Gasteiger partial charge < -0.3 is 14.7 Å². The number of benzene rings is 9. The fourth-order valence-corrected chi connectivity index (χ4v) is 14.1. The predicted octanol–water partition coefficient (Wildman–Crippen LogP) is 14.8. The molecule has 1 aliphatic carbocycles. The van der Waals surface area contributed by atoms with Gasteiger partial charge in [0.1, 0.15) is 11.6 Å². The van der Waals surface area contributed by atoms with Crippen LogP contribution in [0.4, 0.5) is 54.3 Å². The Morgan fingerprint density at radius 1 is 0.400 bits per heavy atom. The number of halogens is 2. The van der Waals surface area contributed by atoms with Crippen molar-refractivity contribution in [2.24, 2.45) is 0 Å². The van der Waals surface area contributed by atoms with Crippen LogP contribution >= 0.6 is 0 Å². The number of hydrogen-bond donors (Lipinski definition) is 0. The molecule has 0 saturated heterocycles. The minimum atomic E-state index is -0.559. The third-order valence-electron chi connectivity index (χ3n) is 17.4. The summed E-state index contributed by atoms with van der Waals surface area (Å²) in [6.07, 6.45) is 4.48. The van der Waals surface area contributed by atoms with Crippen molar-refractivity contribution in [2.45, 2.75) is 62.8 Å². The molecule has 2 unspecified atom stereocenters. The molecule has 2 atom stereocenters. The molecule has 9 aromatic rings. The van der Waals surface area contributed by atoms with Crippen molar-refractivity contribution >= 4 is 68.6 Å². The van der Waals surface area contributed by atoms with E-state index in [0.29, 0.717) is 11.1 Å². The van der Waals surface area contributed by atoms with E-state index < -0.39 is 5.41 Å². The highest BCUT2D eigenvalue weighted by Gasteiger charge is 2.59. The summed E-state index contributed by atoms with van der Waals surface area (Å²) in [6, 6.07) is 69.6. The van der Waals surface area contributed by atoms with Crippen molar-refractivity contribution in [1.82, 2.24) is 0 Å². The molecular formula is C64H50BF2N3. The lowest BCUT2D eigenvalue weighted by atomic mass is 9.28. The molecule has 4 aliphatic heterocycles. The minimum absolute atomic E-state index is 0.0858. The van der Waals surface area contributed by atoms with Gasteiger partial charge in [-0.25, -0.2) is 8.78 Å². The average molecular weight is 910 g/mol. The zero-order valence-corrected chi connectivity index (χ0v) is 39.6. The molecule has 338 valence electrons. The highest BCUT2D eigenvalue weighted by molar-refractivity contribution is 7.01. The Bertz CT molecular complexity index is 3470. The number of anilines is 8. The smallest absolute Gasteiger partial charge is 0.252 e. The summed E-state index contributed by atoms with van der Waals surface area (Å²) in [5, 5.41) is 0. The Kier molecular flexibility index (Phi) is 8.79. The molecule has 0 bridgehead atoms. The van der Waals surface area contributed by atoms with Crippen LogP contribution < -0.4 is 31.1 Å². The predicted molar refractivity (Wildman–Crippen MR) is 286 cm³/mol. The first kappa shape index (κ1) is 41.3. The summed E-state index contributed by atoms with van der Waals surface area (Å²) >= 11 is 0. The second kappa shape index (κ2) is 14.9. The maximum absolute atomic E-state index is 16.4. The van der Waals surface area contributed by atoms with E-state index in [2.05, 4.69) is 175 Å². The van der Waals surface area contributed by atoms with Gasteiger partial charge in [0.15, 0.2) is 0 Å². The van der Waals surface area contributed by atoms with Gasteiger partial charge in [-0.05, 0) is 120 Å². The molecule has 3 nitrogen and oxygen atoms in total. The molecule has 1 fully saturated rings. The van der Waals surface area contributed by atoms with E-state index in [1.807, 2.05) is 36.4 Å². The van der Waals surface area contributed by atoms with Crippen molar-refractivity contribution in [3.05, 3.63) is 234 Å². The normalized spacial score (nSPS) is 19.7. The lowest BCUT2D eigenvalue weighted by molar-refractivity contribution is 0.195. The van der Waals surface area contributed by atoms with Crippen LogP contribution in [-0.4, -0.2) is 12.3 Å². The first-order valence-corrected chi connectivity index (χ1v) is 24.9. The Morgan fingerprint density at radius 2 is 0.843 bits per heavy atom. The third-order valence-corrected chi connectivity index (χ3v) is 17.4. The molecule has 0 spiro atoms. The van der Waals surface area contributed by atoms with E-state index in [0.717, 1.165) is 70.2 Å². The molecule has 0 N–H and O–H groups in total. The Hall–Kier alpha value is -7.70. The molecular weight excluding hydrogens is 860 g/mol. The molecule has 9 aromatic carbocycles. The van der Waals surface area contributed by atoms with E-state index in [-0.39, 0.29) is 29.3 Å². The van der Waals surface area contributed by atoms with Gasteiger partial charge in [-0.3, -0.25) is 0 Å². The van der Waals surface area contributed by atoms with E-state index in [1.54, 1.807) is 24.3 Å². The molecule has 0 aromatic heterocycles. The maximum atomic E-state index is 16.4. The largest absolute Gasteiger partial charge is 0.334 e. The van der Waals surface area contributed by atoms with E-state index >= 15 is 8.78 Å². The van der Waals surface area contributed by atoms with E-state index in [4.69, 9.17) is 0 Å². The molecule has 70 heavy (non-hydrogen) atoms. The van der Waals surface area contributed by atoms with Gasteiger partial charge >= 0.3 is 0 Å². The summed E-state index contributed by atoms with van der Waals surface area (Å²) < 4.78 is 32.7. The fraction of sp³-hybridized carbons (Fsp3) is 0.156. The van der Waals surface area contributed by atoms with Gasteiger partial charge in [-0.15, -0.1) is 0 Å². The van der Waals surface area contributed by atoms with Crippen LogP contribution in [0.1, 0.15) is 68.7 Å². The lowest BCUT2D eigenvalue weighted by Gasteiger charge is -2.53. The summed E-state index contributed by atoms with van der Waals surface area (Å²) in [4.78, 5) is 7.58. The third kappa shape index (κ3) is 5.34. The van der Waals surface area contributed by atoms with Gasteiger partial charge in [0.05, 0.1) is 16.9 Å². The van der Waals surface area contributed by atoms with Gasteiger partial charge in [0.2, 0.25) is 0 Å². The highest BCUT2D eigenvalue weighted by Crippen LogP contribution is 2.62. The van der Waals surface area contributed by atoms with Crippen LogP contribution in [0, 0.1) is 11.6 Å². The number of rotatable bonds is 6. The first-order chi connectivity index (χ1) is 34.2. The van der Waals surface area contributed by atoms with Gasteiger partial charge in [0.25, 0.3) is 6.71 Å². The zero-order chi connectivity index (χ0) is 47.1. The van der Waals surface area contributed by atoms with Crippen LogP contribution in [-0.2, 0) is 10.8 Å². The standard InChI is InChI=1S/C64H50BF2N3/c1-62-37-17-18-38-63(62,2)70(54-34-16-11-27-47(54)62)42-39-57-61-58(40-42)69(53-33-15-10-26-46(53)44-24-8-13-31-51(44)67)56-36-20-29-49-60(56)65(61)59-48(64(49,3)41-21-5-4-6-22-41)28-19-35-55(59)68(57)52-32-14-9-25-45(52)43-23-7-12-30-50(43)66/h4-16,19-36,39-40H,17-18,37-38H2,1-3H3. The second-order valence-electron chi connectivity index (χ2n) is 20.6. The molecule has 1 saturated carbocycles. The van der Waals surface area contributed by atoms with Crippen molar-refractivity contribution in [1.29, 1.82) is 0 Å². The van der Waals surface area contributed by atoms with Gasteiger partial charge in [-0.2, -0.15) is 0 Å². The number of hydrogen-bond acceptors (Lipinski definition) is 3. The molecule has 0 amide bonds. The Labute approximate surface area is 409 Å². The van der Waals surface area contributed by atoms with Crippen LogP contribution in [0.25, 0.3) is 22.3 Å². The molecule has 5 aliphatic rings. The van der Waals surface area contributed by atoms with Crippen LogP contribution in [0.2, 0.25) is 0 Å². The first-order valence-electron chi connectivity index (χ1n) is 24.9. The molecule has 0 radical (unpaired) electrons. The van der Waals surface area contributed by atoms with Crippen LogP contribution in [0.3, 0.4) is 0 Å². The van der Waals surface area contributed by atoms with Gasteiger partial charge in [0, 0.05) is 67.2 Å². The van der Waals surface area contributed by atoms with Crippen molar-refractivity contribution in [3.8, 4) is 22.3 Å². The summed E-state index contributed by atoms with van der Waals surface area (Å²) in [6.45, 7) is 7.22. The summed E-state index contributed by atoms with van der Waals surface area (Å²) in [5.41, 5.74) is 19.0. The Morgan fingerprint density at radius 3 is 1.40 bits per heavy atom. The second-order valence-corrected chi connectivity index (χ2v) is 20.6. The maximum Gasteiger partial charge on any atom is 0.252 e. The number of fused-ring (bicyclic) bond motifs is 3. The lowest BCUT2D eigenvalue weighted by Crippen LogP contribution is -2.67. The van der Waals surface area contributed by atoms with E-state index in [9.17, 15) is 0 Å². The average Bonchev–Trinajstić information content (AvgIpc) is 3.61. The number of para-hydroxylation sites is 3. The van der Waals surface area contributed by atoms with Crippen molar-refractivity contribution in [3.63, 3.8) is 0 Å².